The molecule has 2 heterocycles. The Balaban J connectivity index is 0.00000161. The zero-order valence-electron chi connectivity index (χ0n) is 11.4. The number of hydrogen-bond donors (Lipinski definition) is 2. The Labute approximate surface area is 132 Å². The predicted octanol–water partition coefficient (Wildman–Crippen LogP) is 2.21. The minimum Gasteiger partial charge on any atom is -0.342 e. The Morgan fingerprint density at radius 2 is 2.24 bits per heavy atom. The standard InChI is InChI=1S/C13H16N4O2S.ClH/c14-13(5-1-2-6-13)12-16-10(19-17-12)8-15-11(18)9-4-3-7-20-9;/h3-4,7H,1-2,5-6,8,14H2,(H,15,18);1H. The normalized spacial score (nSPS) is 16.4. The van der Waals surface area contributed by atoms with Crippen molar-refractivity contribution in [2.75, 3.05) is 0 Å². The number of halogens is 1. The first-order chi connectivity index (χ1) is 9.67. The Morgan fingerprint density at radius 3 is 2.90 bits per heavy atom. The fourth-order valence-electron chi connectivity index (χ4n) is 2.41. The second kappa shape index (κ2) is 6.55. The smallest absolute Gasteiger partial charge is 0.261 e. The lowest BCUT2D eigenvalue weighted by Gasteiger charge is -2.17. The molecule has 114 valence electrons. The van der Waals surface area contributed by atoms with Gasteiger partial charge in [0, 0.05) is 0 Å². The Kier molecular flexibility index (Phi) is 4.97. The molecule has 0 bridgehead atoms. The van der Waals surface area contributed by atoms with E-state index in [2.05, 4.69) is 15.5 Å². The molecule has 0 atom stereocenters. The van der Waals surface area contributed by atoms with Crippen molar-refractivity contribution >= 4 is 29.7 Å². The summed E-state index contributed by atoms with van der Waals surface area (Å²) in [7, 11) is 0. The number of nitrogens with zero attached hydrogens (tertiary/aromatic N) is 2. The molecule has 0 aromatic carbocycles. The average Bonchev–Trinajstić information content (AvgIpc) is 3.17. The van der Waals surface area contributed by atoms with Crippen molar-refractivity contribution in [3.8, 4) is 0 Å². The summed E-state index contributed by atoms with van der Waals surface area (Å²) in [6.07, 6.45) is 3.95. The Morgan fingerprint density at radius 1 is 1.48 bits per heavy atom. The van der Waals surface area contributed by atoms with Gasteiger partial charge in [-0.15, -0.1) is 23.7 Å². The number of amides is 1. The fraction of sp³-hybridized carbons (Fsp3) is 0.462. The molecule has 0 spiro atoms. The average molecular weight is 329 g/mol. The van der Waals surface area contributed by atoms with Crippen LogP contribution in [0, 0.1) is 0 Å². The third kappa shape index (κ3) is 3.42. The van der Waals surface area contributed by atoms with Crippen LogP contribution in [0.3, 0.4) is 0 Å². The topological polar surface area (TPSA) is 94.0 Å². The lowest BCUT2D eigenvalue weighted by Crippen LogP contribution is -2.34. The molecule has 21 heavy (non-hydrogen) atoms. The van der Waals surface area contributed by atoms with Crippen molar-refractivity contribution < 1.29 is 9.32 Å². The largest absolute Gasteiger partial charge is 0.342 e. The van der Waals surface area contributed by atoms with Crippen LogP contribution in [0.1, 0.15) is 47.1 Å². The molecule has 1 aliphatic carbocycles. The number of aromatic nitrogens is 2. The summed E-state index contributed by atoms with van der Waals surface area (Å²) in [6.45, 7) is 0.222. The highest BCUT2D eigenvalue weighted by molar-refractivity contribution is 7.12. The fourth-order valence-corrected chi connectivity index (χ4v) is 3.05. The minimum atomic E-state index is -0.459. The van der Waals surface area contributed by atoms with Crippen molar-refractivity contribution in [3.63, 3.8) is 0 Å². The van der Waals surface area contributed by atoms with Crippen molar-refractivity contribution in [3.05, 3.63) is 34.1 Å². The van der Waals surface area contributed by atoms with Gasteiger partial charge in [0.25, 0.3) is 5.91 Å². The molecular formula is C13H17ClN4O2S. The van der Waals surface area contributed by atoms with Gasteiger partial charge in [-0.1, -0.05) is 24.1 Å². The van der Waals surface area contributed by atoms with Crippen molar-refractivity contribution in [2.24, 2.45) is 5.73 Å². The van der Waals surface area contributed by atoms with E-state index in [1.807, 2.05) is 11.4 Å². The number of rotatable bonds is 4. The van der Waals surface area contributed by atoms with Gasteiger partial charge in [0.05, 0.1) is 17.0 Å². The number of nitrogens with one attached hydrogen (secondary N) is 1. The summed E-state index contributed by atoms with van der Waals surface area (Å²) >= 11 is 1.39. The van der Waals surface area contributed by atoms with Gasteiger partial charge in [-0.3, -0.25) is 4.79 Å². The number of carbonyl (C=O) groups is 1. The molecule has 1 aliphatic rings. The van der Waals surface area contributed by atoms with Crippen molar-refractivity contribution in [1.82, 2.24) is 15.5 Å². The molecular weight excluding hydrogens is 312 g/mol. The van der Waals surface area contributed by atoms with Crippen LogP contribution in [0.2, 0.25) is 0 Å². The minimum absolute atomic E-state index is 0. The van der Waals surface area contributed by atoms with E-state index in [9.17, 15) is 4.79 Å². The summed E-state index contributed by atoms with van der Waals surface area (Å²) in [5.74, 6) is 0.806. The molecule has 1 fully saturated rings. The third-order valence-corrected chi connectivity index (χ3v) is 4.42. The molecule has 0 saturated heterocycles. The highest BCUT2D eigenvalue weighted by Gasteiger charge is 2.35. The van der Waals surface area contributed by atoms with Crippen molar-refractivity contribution in [1.29, 1.82) is 0 Å². The lowest BCUT2D eigenvalue weighted by atomic mass is 9.99. The van der Waals surface area contributed by atoms with Gasteiger partial charge >= 0.3 is 0 Å². The lowest BCUT2D eigenvalue weighted by molar-refractivity contribution is 0.0950. The predicted molar refractivity (Wildman–Crippen MR) is 81.4 cm³/mol. The van der Waals surface area contributed by atoms with Crippen LogP contribution >= 0.6 is 23.7 Å². The summed E-state index contributed by atoms with van der Waals surface area (Å²) in [4.78, 5) is 16.8. The van der Waals surface area contributed by atoms with Crippen LogP contribution in [0.25, 0.3) is 0 Å². The van der Waals surface area contributed by atoms with E-state index < -0.39 is 5.54 Å². The first-order valence-corrected chi connectivity index (χ1v) is 7.49. The third-order valence-electron chi connectivity index (χ3n) is 3.55. The van der Waals surface area contributed by atoms with E-state index in [1.165, 1.54) is 11.3 Å². The number of thiophene rings is 1. The summed E-state index contributed by atoms with van der Waals surface area (Å²) in [5, 5.41) is 8.56. The summed E-state index contributed by atoms with van der Waals surface area (Å²) in [6, 6.07) is 3.61. The number of hydrogen-bond acceptors (Lipinski definition) is 6. The van der Waals surface area contributed by atoms with Gasteiger partial charge in [0.1, 0.15) is 0 Å². The van der Waals surface area contributed by atoms with E-state index in [-0.39, 0.29) is 24.9 Å². The molecule has 0 unspecified atom stereocenters. The monoisotopic (exact) mass is 328 g/mol. The van der Waals surface area contributed by atoms with Crippen LogP contribution in [0.4, 0.5) is 0 Å². The summed E-state index contributed by atoms with van der Waals surface area (Å²) < 4.78 is 5.16. The number of carbonyl (C=O) groups excluding carboxylic acids is 1. The Bertz CT molecular complexity index is 593. The second-order valence-corrected chi connectivity index (χ2v) is 5.98. The SMILES string of the molecule is Cl.NC1(c2noc(CNC(=O)c3cccs3)n2)CCCC1. The summed E-state index contributed by atoms with van der Waals surface area (Å²) in [5.41, 5.74) is 5.80. The molecule has 2 aromatic rings. The van der Waals surface area contributed by atoms with Crippen LogP contribution in [0.15, 0.2) is 22.0 Å². The maximum atomic E-state index is 11.8. The van der Waals surface area contributed by atoms with Crippen LogP contribution in [-0.4, -0.2) is 16.0 Å². The molecule has 8 heteroatoms. The first kappa shape index (κ1) is 15.9. The maximum Gasteiger partial charge on any atom is 0.261 e. The van der Waals surface area contributed by atoms with Crippen LogP contribution in [0.5, 0.6) is 0 Å². The zero-order valence-corrected chi connectivity index (χ0v) is 13.0. The highest BCUT2D eigenvalue weighted by Crippen LogP contribution is 2.34. The van der Waals surface area contributed by atoms with Gasteiger partial charge < -0.3 is 15.6 Å². The van der Waals surface area contributed by atoms with E-state index in [0.29, 0.717) is 16.6 Å². The maximum absolute atomic E-state index is 11.8. The molecule has 1 amide bonds. The van der Waals surface area contributed by atoms with E-state index in [1.54, 1.807) is 6.07 Å². The zero-order chi connectivity index (χ0) is 14.0. The quantitative estimate of drug-likeness (QED) is 0.897. The van der Waals surface area contributed by atoms with Gasteiger partial charge in [-0.2, -0.15) is 4.98 Å². The van der Waals surface area contributed by atoms with Crippen LogP contribution < -0.4 is 11.1 Å². The molecule has 0 aliphatic heterocycles. The van der Waals surface area contributed by atoms with E-state index in [4.69, 9.17) is 10.3 Å². The first-order valence-electron chi connectivity index (χ1n) is 6.61. The van der Waals surface area contributed by atoms with E-state index in [0.717, 1.165) is 25.7 Å². The molecule has 0 radical (unpaired) electrons. The van der Waals surface area contributed by atoms with Gasteiger partial charge in [0.2, 0.25) is 5.89 Å². The van der Waals surface area contributed by atoms with Gasteiger partial charge in [-0.05, 0) is 24.3 Å². The molecule has 1 saturated carbocycles. The number of nitrogens with two attached hydrogens (primary N) is 1. The van der Waals surface area contributed by atoms with E-state index >= 15 is 0 Å². The van der Waals surface area contributed by atoms with Gasteiger partial charge in [-0.25, -0.2) is 0 Å². The second-order valence-electron chi connectivity index (χ2n) is 5.03. The molecule has 6 nitrogen and oxygen atoms in total. The molecule has 2 aromatic heterocycles. The van der Waals surface area contributed by atoms with Crippen LogP contribution in [-0.2, 0) is 12.1 Å². The highest BCUT2D eigenvalue weighted by atomic mass is 35.5. The molecule has 3 rings (SSSR count). The Hall–Kier alpha value is -1.44. The van der Waals surface area contributed by atoms with Gasteiger partial charge in [0.15, 0.2) is 5.82 Å². The van der Waals surface area contributed by atoms with Crippen molar-refractivity contribution in [2.45, 2.75) is 37.8 Å². The molecule has 3 N–H and O–H groups in total.